The van der Waals surface area contributed by atoms with Gasteiger partial charge in [-0.05, 0) is 18.5 Å². The number of rotatable bonds is 1. The molecule has 0 unspecified atom stereocenters. The lowest BCUT2D eigenvalue weighted by molar-refractivity contribution is 0.318. The molecule has 1 aromatic carbocycles. The minimum Gasteiger partial charge on any atom is -0.423 e. The number of nitrogens with zero attached hydrogens (tertiary/aromatic N) is 1. The van der Waals surface area contributed by atoms with Gasteiger partial charge in [-0.1, -0.05) is 18.2 Å². The summed E-state index contributed by atoms with van der Waals surface area (Å²) in [5, 5.41) is 33.5. The molecule has 0 aliphatic carbocycles. The van der Waals surface area contributed by atoms with Gasteiger partial charge in [-0.15, -0.1) is 0 Å². The van der Waals surface area contributed by atoms with Crippen molar-refractivity contribution in [2.45, 2.75) is 6.92 Å². The van der Waals surface area contributed by atoms with E-state index in [1.165, 1.54) is 12.1 Å². The van der Waals surface area contributed by atoms with Crippen molar-refractivity contribution >= 4 is 12.6 Å². The fourth-order valence-electron chi connectivity index (χ4n) is 0.824. The first-order valence-corrected chi connectivity index (χ1v) is 4.13. The van der Waals surface area contributed by atoms with Crippen molar-refractivity contribution in [3.63, 3.8) is 0 Å². The van der Waals surface area contributed by atoms with Crippen molar-refractivity contribution in [1.29, 1.82) is 5.26 Å². The molecule has 4 nitrogen and oxygen atoms in total. The summed E-state index contributed by atoms with van der Waals surface area (Å²) in [4.78, 5) is 0. The molecule has 0 heterocycles. The van der Waals surface area contributed by atoms with Crippen LogP contribution in [0.3, 0.4) is 0 Å². The fourth-order valence-corrected chi connectivity index (χ4v) is 0.824. The van der Waals surface area contributed by atoms with Gasteiger partial charge in [-0.25, -0.2) is 0 Å². The summed E-state index contributed by atoms with van der Waals surface area (Å²) in [5.41, 5.74) is 0.539. The predicted octanol–water partition coefficient (Wildman–Crippen LogP) is -0.763. The zero-order chi connectivity index (χ0) is 11.0. The largest absolute Gasteiger partial charge is 0.489 e. The Hall–Kier alpha value is -1.35. The number of hydrogen-bond acceptors (Lipinski definition) is 4. The summed E-state index contributed by atoms with van der Waals surface area (Å²) < 4.78 is 0. The van der Waals surface area contributed by atoms with Gasteiger partial charge in [0.15, 0.2) is 0 Å². The van der Waals surface area contributed by atoms with E-state index in [0.29, 0.717) is 5.56 Å². The molecule has 74 valence electrons. The summed E-state index contributed by atoms with van der Waals surface area (Å²) in [5.74, 6) is 0. The van der Waals surface area contributed by atoms with Gasteiger partial charge in [0.1, 0.15) is 0 Å². The maximum atomic E-state index is 8.74. The van der Waals surface area contributed by atoms with E-state index >= 15 is 0 Å². The molecule has 0 radical (unpaired) electrons. The van der Waals surface area contributed by atoms with Crippen LogP contribution in [-0.2, 0) is 0 Å². The Bertz CT molecular complexity index is 309. The topological polar surface area (TPSA) is 84.5 Å². The Labute approximate surface area is 83.2 Å². The molecule has 0 bridgehead atoms. The number of aliphatic hydroxyl groups is 1. The molecule has 1 rings (SSSR count). The monoisotopic (exact) mass is 193 g/mol. The second kappa shape index (κ2) is 7.10. The lowest BCUT2D eigenvalue weighted by Gasteiger charge is -1.99. The summed E-state index contributed by atoms with van der Waals surface area (Å²) in [6.07, 6.45) is 0. The molecular weight excluding hydrogens is 181 g/mol. The van der Waals surface area contributed by atoms with Gasteiger partial charge in [0.2, 0.25) is 0 Å². The van der Waals surface area contributed by atoms with Crippen molar-refractivity contribution in [2.24, 2.45) is 0 Å². The van der Waals surface area contributed by atoms with Crippen LogP contribution in [0.25, 0.3) is 0 Å². The lowest BCUT2D eigenvalue weighted by atomic mass is 9.77. The van der Waals surface area contributed by atoms with Gasteiger partial charge in [-0.2, -0.15) is 5.26 Å². The second-order valence-corrected chi connectivity index (χ2v) is 2.39. The molecule has 0 aliphatic heterocycles. The minimum absolute atomic E-state index is 0.245. The Morgan fingerprint density at radius 2 is 1.86 bits per heavy atom. The Morgan fingerprint density at radius 3 is 2.21 bits per heavy atom. The highest BCUT2D eigenvalue weighted by Crippen LogP contribution is 1.93. The van der Waals surface area contributed by atoms with Gasteiger partial charge in [0.25, 0.3) is 0 Å². The molecule has 0 atom stereocenters. The Balaban J connectivity index is 0.000000500. The summed E-state index contributed by atoms with van der Waals surface area (Å²) in [6.45, 7) is 1.93. The van der Waals surface area contributed by atoms with Crippen molar-refractivity contribution in [1.82, 2.24) is 0 Å². The normalized spacial score (nSPS) is 8.21. The molecule has 5 heteroatoms. The van der Waals surface area contributed by atoms with E-state index in [1.807, 2.05) is 6.07 Å². The first-order valence-electron chi connectivity index (χ1n) is 4.13. The average Bonchev–Trinajstić information content (AvgIpc) is 2.19. The third-order valence-electron chi connectivity index (χ3n) is 1.36. The van der Waals surface area contributed by atoms with E-state index in [4.69, 9.17) is 20.4 Å². The van der Waals surface area contributed by atoms with Crippen LogP contribution < -0.4 is 5.46 Å². The molecule has 0 spiro atoms. The van der Waals surface area contributed by atoms with Crippen LogP contribution in [0.2, 0.25) is 0 Å². The molecule has 0 saturated carbocycles. The highest BCUT2D eigenvalue weighted by Gasteiger charge is 2.14. The molecule has 0 saturated heterocycles. The van der Waals surface area contributed by atoms with Crippen LogP contribution >= 0.6 is 0 Å². The maximum absolute atomic E-state index is 8.74. The summed E-state index contributed by atoms with van der Waals surface area (Å²) in [7, 11) is -1.56. The summed E-state index contributed by atoms with van der Waals surface area (Å²) in [6, 6.07) is 8.22. The summed E-state index contributed by atoms with van der Waals surface area (Å²) >= 11 is 0. The molecule has 0 fully saturated rings. The Kier molecular flexibility index (Phi) is 6.41. The smallest absolute Gasteiger partial charge is 0.423 e. The van der Waals surface area contributed by atoms with E-state index in [9.17, 15) is 0 Å². The van der Waals surface area contributed by atoms with Crippen molar-refractivity contribution in [3.8, 4) is 6.07 Å². The van der Waals surface area contributed by atoms with Crippen molar-refractivity contribution < 1.29 is 15.2 Å². The average molecular weight is 193 g/mol. The van der Waals surface area contributed by atoms with Gasteiger partial charge < -0.3 is 15.2 Å². The van der Waals surface area contributed by atoms with Crippen LogP contribution in [0, 0.1) is 11.3 Å². The molecule has 14 heavy (non-hydrogen) atoms. The van der Waals surface area contributed by atoms with E-state index < -0.39 is 7.12 Å². The third kappa shape index (κ3) is 4.05. The standard InChI is InChI=1S/C7H6BNO2.C2H6O/c9-5-6-3-1-2-4-7(6)8(10)11;1-2-3/h1-4,10-11H;3H,2H2,1H3. The maximum Gasteiger partial charge on any atom is 0.489 e. The predicted molar refractivity (Wildman–Crippen MR) is 53.7 cm³/mol. The first-order chi connectivity index (χ1) is 6.67. The number of hydrogen-bond donors (Lipinski definition) is 3. The van der Waals surface area contributed by atoms with Gasteiger partial charge >= 0.3 is 7.12 Å². The molecular formula is C9H12BNO3. The highest BCUT2D eigenvalue weighted by molar-refractivity contribution is 6.59. The fraction of sp³-hybridized carbons (Fsp3) is 0.222. The molecule has 0 amide bonds. The number of nitriles is 1. The van der Waals surface area contributed by atoms with Gasteiger partial charge in [0.05, 0.1) is 11.6 Å². The van der Waals surface area contributed by atoms with E-state index in [1.54, 1.807) is 19.1 Å². The lowest BCUT2D eigenvalue weighted by Crippen LogP contribution is -2.31. The molecule has 0 aliphatic rings. The third-order valence-corrected chi connectivity index (χ3v) is 1.36. The van der Waals surface area contributed by atoms with Crippen molar-refractivity contribution in [3.05, 3.63) is 29.8 Å². The number of aliphatic hydroxyl groups excluding tert-OH is 1. The molecule has 3 N–H and O–H groups in total. The van der Waals surface area contributed by atoms with Crippen molar-refractivity contribution in [2.75, 3.05) is 6.61 Å². The van der Waals surface area contributed by atoms with Crippen LogP contribution in [-0.4, -0.2) is 28.9 Å². The van der Waals surface area contributed by atoms with E-state index in [0.717, 1.165) is 0 Å². The SMILES string of the molecule is CCO.N#Cc1ccccc1B(O)O. The molecule has 0 aromatic heterocycles. The van der Waals surface area contributed by atoms with Crippen LogP contribution in [0.5, 0.6) is 0 Å². The van der Waals surface area contributed by atoms with Crippen LogP contribution in [0.4, 0.5) is 0 Å². The van der Waals surface area contributed by atoms with Gasteiger partial charge in [-0.3, -0.25) is 0 Å². The quantitative estimate of drug-likeness (QED) is 0.511. The van der Waals surface area contributed by atoms with E-state index in [-0.39, 0.29) is 12.1 Å². The second-order valence-electron chi connectivity index (χ2n) is 2.39. The van der Waals surface area contributed by atoms with E-state index in [2.05, 4.69) is 0 Å². The first kappa shape index (κ1) is 12.7. The highest BCUT2D eigenvalue weighted by atomic mass is 16.4. The van der Waals surface area contributed by atoms with Gasteiger partial charge in [0, 0.05) is 6.61 Å². The Morgan fingerprint density at radius 1 is 1.36 bits per heavy atom. The van der Waals surface area contributed by atoms with Crippen LogP contribution in [0.1, 0.15) is 12.5 Å². The molecule has 1 aromatic rings. The zero-order valence-electron chi connectivity index (χ0n) is 7.88. The minimum atomic E-state index is -1.56. The van der Waals surface area contributed by atoms with Crippen LogP contribution in [0.15, 0.2) is 24.3 Å². The zero-order valence-corrected chi connectivity index (χ0v) is 7.88. The number of benzene rings is 1.